The summed E-state index contributed by atoms with van der Waals surface area (Å²) in [5.74, 6) is -0.630. The van der Waals surface area contributed by atoms with E-state index in [-0.39, 0.29) is 30.6 Å². The molecule has 0 saturated carbocycles. The molecular weight excluding hydrogens is 398 g/mol. The molecule has 1 N–H and O–H groups in total. The van der Waals surface area contributed by atoms with Crippen LogP contribution in [0.25, 0.3) is 0 Å². The van der Waals surface area contributed by atoms with Gasteiger partial charge in [0, 0.05) is 39.1 Å². The molecule has 2 aliphatic heterocycles. The van der Waals surface area contributed by atoms with E-state index in [1.807, 2.05) is 35.2 Å². The number of hydrogen-bond acceptors (Lipinski definition) is 7. The maximum atomic E-state index is 13.3. The number of para-hydroxylation sites is 1. The lowest BCUT2D eigenvalue weighted by molar-refractivity contribution is -0.135. The van der Waals surface area contributed by atoms with Crippen molar-refractivity contribution in [3.8, 4) is 0 Å². The molecule has 166 valence electrons. The monoisotopic (exact) mass is 427 g/mol. The molecule has 1 aromatic carbocycles. The number of esters is 1. The van der Waals surface area contributed by atoms with Gasteiger partial charge in [0.1, 0.15) is 11.8 Å². The lowest BCUT2D eigenvalue weighted by atomic mass is 10.1. The maximum absolute atomic E-state index is 13.3. The highest BCUT2D eigenvalue weighted by atomic mass is 16.5. The largest absolute Gasteiger partial charge is 0.461 e. The van der Waals surface area contributed by atoms with Gasteiger partial charge in [-0.2, -0.15) is 5.10 Å². The highest BCUT2D eigenvalue weighted by molar-refractivity contribution is 6.38. The second-order valence-corrected chi connectivity index (χ2v) is 7.36. The van der Waals surface area contributed by atoms with Gasteiger partial charge < -0.3 is 15.0 Å². The first-order chi connectivity index (χ1) is 15.0. The van der Waals surface area contributed by atoms with Crippen molar-refractivity contribution in [1.82, 2.24) is 15.1 Å². The first-order valence-electron chi connectivity index (χ1n) is 10.5. The van der Waals surface area contributed by atoms with Crippen LogP contribution in [-0.2, 0) is 19.1 Å². The minimum atomic E-state index is -0.593. The van der Waals surface area contributed by atoms with E-state index in [4.69, 9.17) is 4.74 Å². The molecule has 0 radical (unpaired) electrons. The van der Waals surface area contributed by atoms with E-state index in [1.54, 1.807) is 22.9 Å². The number of piperazine rings is 1. The van der Waals surface area contributed by atoms with Gasteiger partial charge in [-0.3, -0.25) is 19.5 Å². The molecule has 31 heavy (non-hydrogen) atoms. The smallest absolute Gasteiger partial charge is 0.354 e. The van der Waals surface area contributed by atoms with Gasteiger partial charge in [-0.25, -0.2) is 4.79 Å². The van der Waals surface area contributed by atoms with Gasteiger partial charge in [0.15, 0.2) is 0 Å². The molecule has 9 heteroatoms. The number of benzene rings is 1. The van der Waals surface area contributed by atoms with Crippen LogP contribution in [0.3, 0.4) is 0 Å². The van der Waals surface area contributed by atoms with Gasteiger partial charge in [-0.15, -0.1) is 6.58 Å². The quantitative estimate of drug-likeness (QED) is 0.483. The van der Waals surface area contributed by atoms with Crippen LogP contribution < -0.4 is 10.3 Å². The van der Waals surface area contributed by atoms with Crippen molar-refractivity contribution in [2.24, 2.45) is 5.10 Å². The molecule has 0 bridgehead atoms. The highest BCUT2D eigenvalue weighted by Gasteiger charge is 2.39. The number of rotatable bonds is 8. The van der Waals surface area contributed by atoms with E-state index in [0.29, 0.717) is 39.3 Å². The fourth-order valence-electron chi connectivity index (χ4n) is 3.64. The SMILES string of the molecule is C=CCNC(=O)CN1CCN(C(=O)C2CC(C(=O)OCC)=NN2c2ccccc2)CC1. The van der Waals surface area contributed by atoms with Gasteiger partial charge >= 0.3 is 5.97 Å². The summed E-state index contributed by atoms with van der Waals surface area (Å²) in [6.45, 7) is 8.56. The fourth-order valence-corrected chi connectivity index (χ4v) is 3.64. The molecular formula is C22H29N5O4. The molecule has 0 aromatic heterocycles. The maximum Gasteiger partial charge on any atom is 0.354 e. The lowest BCUT2D eigenvalue weighted by Crippen LogP contribution is -2.55. The fraction of sp³-hybridized carbons (Fsp3) is 0.455. The van der Waals surface area contributed by atoms with Crippen molar-refractivity contribution >= 4 is 29.2 Å². The highest BCUT2D eigenvalue weighted by Crippen LogP contribution is 2.26. The van der Waals surface area contributed by atoms with E-state index in [0.717, 1.165) is 5.69 Å². The summed E-state index contributed by atoms with van der Waals surface area (Å²) >= 11 is 0. The Morgan fingerprint density at radius 3 is 2.55 bits per heavy atom. The van der Waals surface area contributed by atoms with Crippen molar-refractivity contribution in [2.75, 3.05) is 50.9 Å². The molecule has 2 aliphatic rings. The van der Waals surface area contributed by atoms with Crippen LogP contribution in [0, 0.1) is 0 Å². The minimum absolute atomic E-state index is 0.0572. The summed E-state index contributed by atoms with van der Waals surface area (Å²) < 4.78 is 5.09. The number of hydrazone groups is 1. The van der Waals surface area contributed by atoms with Crippen LogP contribution in [0.4, 0.5) is 5.69 Å². The number of hydrogen-bond donors (Lipinski definition) is 1. The lowest BCUT2D eigenvalue weighted by Gasteiger charge is -2.36. The summed E-state index contributed by atoms with van der Waals surface area (Å²) in [6.07, 6.45) is 1.85. The van der Waals surface area contributed by atoms with Gasteiger partial charge in [0.25, 0.3) is 0 Å². The Morgan fingerprint density at radius 2 is 1.90 bits per heavy atom. The number of anilines is 1. The van der Waals surface area contributed by atoms with Crippen LogP contribution in [0.15, 0.2) is 48.1 Å². The first kappa shape index (κ1) is 22.5. The Hall–Kier alpha value is -3.20. The number of amides is 2. The van der Waals surface area contributed by atoms with Crippen molar-refractivity contribution in [3.05, 3.63) is 43.0 Å². The van der Waals surface area contributed by atoms with Crippen LogP contribution >= 0.6 is 0 Å². The molecule has 1 fully saturated rings. The summed E-state index contributed by atoms with van der Waals surface area (Å²) in [4.78, 5) is 41.3. The number of nitrogens with zero attached hydrogens (tertiary/aromatic N) is 4. The van der Waals surface area contributed by atoms with E-state index in [1.165, 1.54) is 0 Å². The van der Waals surface area contributed by atoms with E-state index in [2.05, 4.69) is 17.0 Å². The molecule has 9 nitrogen and oxygen atoms in total. The third kappa shape index (κ3) is 5.69. The van der Waals surface area contributed by atoms with Crippen LogP contribution in [0.1, 0.15) is 13.3 Å². The van der Waals surface area contributed by atoms with E-state index < -0.39 is 12.0 Å². The van der Waals surface area contributed by atoms with Gasteiger partial charge in [-0.1, -0.05) is 24.3 Å². The second-order valence-electron chi connectivity index (χ2n) is 7.36. The van der Waals surface area contributed by atoms with E-state index in [9.17, 15) is 14.4 Å². The van der Waals surface area contributed by atoms with Gasteiger partial charge in [0.2, 0.25) is 11.8 Å². The molecule has 1 aromatic rings. The Labute approximate surface area is 182 Å². The zero-order valence-electron chi connectivity index (χ0n) is 17.8. The predicted molar refractivity (Wildman–Crippen MR) is 118 cm³/mol. The molecule has 0 spiro atoms. The first-order valence-corrected chi connectivity index (χ1v) is 10.5. The van der Waals surface area contributed by atoms with Crippen molar-refractivity contribution < 1.29 is 19.1 Å². The van der Waals surface area contributed by atoms with Crippen molar-refractivity contribution in [2.45, 2.75) is 19.4 Å². The van der Waals surface area contributed by atoms with Crippen LogP contribution in [0.5, 0.6) is 0 Å². The van der Waals surface area contributed by atoms with E-state index >= 15 is 0 Å². The summed E-state index contributed by atoms with van der Waals surface area (Å²) in [7, 11) is 0. The average molecular weight is 428 g/mol. The predicted octanol–water partition coefficient (Wildman–Crippen LogP) is 0.631. The van der Waals surface area contributed by atoms with Crippen LogP contribution in [0.2, 0.25) is 0 Å². The van der Waals surface area contributed by atoms with Crippen molar-refractivity contribution in [1.29, 1.82) is 0 Å². The number of carbonyl (C=O) groups excluding carboxylic acids is 3. The average Bonchev–Trinajstić information content (AvgIpc) is 3.24. The molecule has 3 rings (SSSR count). The van der Waals surface area contributed by atoms with Crippen LogP contribution in [-0.4, -0.2) is 85.2 Å². The number of nitrogens with one attached hydrogen (secondary N) is 1. The zero-order valence-corrected chi connectivity index (χ0v) is 17.8. The Bertz CT molecular complexity index is 834. The minimum Gasteiger partial charge on any atom is -0.461 e. The Kier molecular flexibility index (Phi) is 7.77. The molecule has 2 heterocycles. The molecule has 2 amide bonds. The number of carbonyl (C=O) groups is 3. The standard InChI is InChI=1S/C22H29N5O4/c1-3-10-23-20(28)16-25-11-13-26(14-12-25)21(29)19-15-18(22(30)31-4-2)24-27(19)17-8-6-5-7-9-17/h3,5-9,19H,1,4,10-16H2,2H3,(H,23,28). The Balaban J connectivity index is 1.64. The summed E-state index contributed by atoms with van der Waals surface area (Å²) in [5, 5.41) is 8.79. The normalized spacial score (nSPS) is 19.0. The number of ether oxygens (including phenoxy) is 1. The Morgan fingerprint density at radius 1 is 1.19 bits per heavy atom. The third-order valence-electron chi connectivity index (χ3n) is 5.22. The topological polar surface area (TPSA) is 94.5 Å². The molecule has 1 saturated heterocycles. The second kappa shape index (κ2) is 10.7. The molecule has 1 atom stereocenters. The van der Waals surface area contributed by atoms with Crippen molar-refractivity contribution in [3.63, 3.8) is 0 Å². The van der Waals surface area contributed by atoms with Gasteiger partial charge in [0.05, 0.1) is 18.8 Å². The summed E-state index contributed by atoms with van der Waals surface area (Å²) in [5.41, 5.74) is 0.999. The molecule has 1 unspecified atom stereocenters. The third-order valence-corrected chi connectivity index (χ3v) is 5.22. The van der Waals surface area contributed by atoms with Gasteiger partial charge in [-0.05, 0) is 19.1 Å². The molecule has 0 aliphatic carbocycles. The zero-order chi connectivity index (χ0) is 22.2. The summed E-state index contributed by atoms with van der Waals surface area (Å²) in [6, 6.07) is 8.74.